The molecule has 0 spiro atoms. The van der Waals surface area contributed by atoms with Gasteiger partial charge in [-0.3, -0.25) is 9.78 Å². The second-order valence-electron chi connectivity index (χ2n) is 9.01. The molecular weight excluding hydrogens is 404 g/mol. The molecule has 32 heavy (non-hydrogen) atoms. The van der Waals surface area contributed by atoms with Crippen molar-refractivity contribution in [3.63, 3.8) is 0 Å². The van der Waals surface area contributed by atoms with Gasteiger partial charge in [-0.2, -0.15) is 0 Å². The molecule has 1 aliphatic carbocycles. The van der Waals surface area contributed by atoms with Gasteiger partial charge in [-0.1, -0.05) is 38.1 Å². The van der Waals surface area contributed by atoms with E-state index in [4.69, 9.17) is 9.47 Å². The lowest BCUT2D eigenvalue weighted by Gasteiger charge is -2.39. The average molecular weight is 433 g/mol. The molecule has 1 aromatic carbocycles. The molecule has 2 aliphatic rings. The number of nitrogens with one attached hydrogen (secondary N) is 1. The molecule has 0 saturated carbocycles. The van der Waals surface area contributed by atoms with E-state index in [1.54, 1.807) is 12.4 Å². The zero-order chi connectivity index (χ0) is 22.7. The Morgan fingerprint density at radius 3 is 2.62 bits per heavy atom. The lowest BCUT2D eigenvalue weighted by molar-refractivity contribution is -0.140. The third kappa shape index (κ3) is 4.59. The number of carbonyl (C=O) groups excluding carboxylic acids is 2. The Morgan fingerprint density at radius 2 is 1.91 bits per heavy atom. The third-order valence-corrected chi connectivity index (χ3v) is 5.81. The van der Waals surface area contributed by atoms with Crippen LogP contribution >= 0.6 is 0 Å². The van der Waals surface area contributed by atoms with E-state index >= 15 is 0 Å². The summed E-state index contributed by atoms with van der Waals surface area (Å²) in [5.74, 6) is -0.171. The van der Waals surface area contributed by atoms with Crippen LogP contribution in [0.2, 0.25) is 0 Å². The molecule has 4 rings (SSSR count). The highest BCUT2D eigenvalue weighted by Crippen LogP contribution is 2.46. The second kappa shape index (κ2) is 8.99. The number of ether oxygens (including phenoxy) is 2. The van der Waals surface area contributed by atoms with Gasteiger partial charge in [0.05, 0.1) is 5.57 Å². The number of carbonyl (C=O) groups is 2. The molecule has 1 N–H and O–H groups in total. The quantitative estimate of drug-likeness (QED) is 0.542. The maximum Gasteiger partial charge on any atom is 0.336 e. The fourth-order valence-electron chi connectivity index (χ4n) is 4.48. The van der Waals surface area contributed by atoms with E-state index in [0.717, 1.165) is 23.4 Å². The summed E-state index contributed by atoms with van der Waals surface area (Å²) in [5.41, 5.74) is 3.37. The van der Waals surface area contributed by atoms with Gasteiger partial charge in [-0.15, -0.1) is 0 Å². The van der Waals surface area contributed by atoms with Crippen molar-refractivity contribution in [2.45, 2.75) is 39.5 Å². The van der Waals surface area contributed by atoms with Gasteiger partial charge in [0.1, 0.15) is 19.0 Å². The molecule has 1 atom stereocenters. The number of rotatable bonds is 6. The SMILES string of the molecule is CC1=C(C(=O)OCCOc2ccccc2)C(c2cccnc2)C2=C(CC(C)(C)CC2=O)N1. The fourth-order valence-corrected chi connectivity index (χ4v) is 4.48. The van der Waals surface area contributed by atoms with Crippen LogP contribution in [0.4, 0.5) is 0 Å². The highest BCUT2D eigenvalue weighted by Gasteiger charge is 2.43. The Bertz CT molecular complexity index is 1070. The van der Waals surface area contributed by atoms with Crippen LogP contribution in [0.15, 0.2) is 77.4 Å². The number of hydrogen-bond donors (Lipinski definition) is 1. The molecule has 6 heteroatoms. The largest absolute Gasteiger partial charge is 0.490 e. The molecule has 0 amide bonds. The predicted octanol–water partition coefficient (Wildman–Crippen LogP) is 4.31. The normalized spacial score (nSPS) is 19.8. The van der Waals surface area contributed by atoms with Crippen molar-refractivity contribution >= 4 is 11.8 Å². The minimum Gasteiger partial charge on any atom is -0.490 e. The van der Waals surface area contributed by atoms with Crippen molar-refractivity contribution in [1.29, 1.82) is 0 Å². The Balaban J connectivity index is 1.57. The number of allylic oxidation sites excluding steroid dienone is 3. The van der Waals surface area contributed by atoms with Gasteiger partial charge >= 0.3 is 5.97 Å². The van der Waals surface area contributed by atoms with E-state index in [9.17, 15) is 9.59 Å². The van der Waals surface area contributed by atoms with Crippen LogP contribution in [0.3, 0.4) is 0 Å². The summed E-state index contributed by atoms with van der Waals surface area (Å²) in [5, 5.41) is 3.34. The van der Waals surface area contributed by atoms with Crippen LogP contribution in [0, 0.1) is 5.41 Å². The van der Waals surface area contributed by atoms with Crippen molar-refractivity contribution in [1.82, 2.24) is 10.3 Å². The van der Waals surface area contributed by atoms with Crippen molar-refractivity contribution in [3.8, 4) is 5.75 Å². The molecule has 0 fully saturated rings. The van der Waals surface area contributed by atoms with Gasteiger partial charge in [0.25, 0.3) is 0 Å². The Morgan fingerprint density at radius 1 is 1.12 bits per heavy atom. The molecule has 2 heterocycles. The first-order valence-electron chi connectivity index (χ1n) is 10.8. The summed E-state index contributed by atoms with van der Waals surface area (Å²) in [6.45, 7) is 6.39. The number of nitrogens with zero attached hydrogens (tertiary/aromatic N) is 1. The van der Waals surface area contributed by atoms with Crippen molar-refractivity contribution < 1.29 is 19.1 Å². The highest BCUT2D eigenvalue weighted by atomic mass is 16.6. The topological polar surface area (TPSA) is 77.5 Å². The van der Waals surface area contributed by atoms with Crippen LogP contribution in [0.1, 0.15) is 45.1 Å². The second-order valence-corrected chi connectivity index (χ2v) is 9.01. The average Bonchev–Trinajstić information content (AvgIpc) is 2.76. The Labute approximate surface area is 188 Å². The monoisotopic (exact) mass is 432 g/mol. The standard InChI is InChI=1S/C26H28N2O4/c1-17-22(25(30)32-13-12-31-19-9-5-4-6-10-19)23(18-8-7-11-27-16-18)24-20(28-17)14-26(2,3)15-21(24)29/h4-11,16,23,28H,12-15H2,1-3H3. The number of dihydropyridines is 1. The zero-order valence-corrected chi connectivity index (χ0v) is 18.7. The van der Waals surface area contributed by atoms with E-state index in [-0.39, 0.29) is 24.4 Å². The minimum absolute atomic E-state index is 0.0582. The first-order chi connectivity index (χ1) is 15.4. The first kappa shape index (κ1) is 21.8. The number of benzene rings is 1. The smallest absolute Gasteiger partial charge is 0.336 e. The van der Waals surface area contributed by atoms with Gasteiger partial charge in [0.15, 0.2) is 5.78 Å². The molecule has 1 aromatic heterocycles. The number of ketones is 1. The van der Waals surface area contributed by atoms with Crippen LogP contribution in [-0.2, 0) is 14.3 Å². The van der Waals surface area contributed by atoms with Gasteiger partial charge in [0, 0.05) is 41.7 Å². The van der Waals surface area contributed by atoms with E-state index < -0.39 is 11.9 Å². The molecule has 166 valence electrons. The molecular formula is C26H28N2O4. The van der Waals surface area contributed by atoms with Crippen LogP contribution in [0.25, 0.3) is 0 Å². The van der Waals surface area contributed by atoms with Gasteiger partial charge < -0.3 is 14.8 Å². The highest BCUT2D eigenvalue weighted by molar-refractivity contribution is 6.04. The number of para-hydroxylation sites is 1. The van der Waals surface area contributed by atoms with Crippen molar-refractivity contribution in [3.05, 3.63) is 83.0 Å². The van der Waals surface area contributed by atoms with Crippen molar-refractivity contribution in [2.24, 2.45) is 5.41 Å². The molecule has 1 unspecified atom stereocenters. The van der Waals surface area contributed by atoms with E-state index in [1.165, 1.54) is 0 Å². The van der Waals surface area contributed by atoms with Crippen LogP contribution < -0.4 is 10.1 Å². The number of Topliss-reactive ketones (excluding diaryl/α,β-unsaturated/α-hetero) is 1. The van der Waals surface area contributed by atoms with Gasteiger partial charge in [-0.05, 0) is 42.5 Å². The summed E-state index contributed by atoms with van der Waals surface area (Å²) in [6.07, 6.45) is 4.58. The maximum absolute atomic E-state index is 13.2. The Kier molecular flexibility index (Phi) is 6.12. The fraction of sp³-hybridized carbons (Fsp3) is 0.346. The first-order valence-corrected chi connectivity index (χ1v) is 10.8. The molecule has 1 aliphatic heterocycles. The molecule has 0 bridgehead atoms. The Hall–Kier alpha value is -3.41. The summed E-state index contributed by atoms with van der Waals surface area (Å²) >= 11 is 0. The third-order valence-electron chi connectivity index (χ3n) is 5.81. The van der Waals surface area contributed by atoms with E-state index in [1.807, 2.05) is 49.4 Å². The molecule has 0 saturated heterocycles. The van der Waals surface area contributed by atoms with Crippen LogP contribution in [-0.4, -0.2) is 30.0 Å². The summed E-state index contributed by atoms with van der Waals surface area (Å²) in [6, 6.07) is 13.1. The minimum atomic E-state index is -0.494. The molecule has 0 radical (unpaired) electrons. The van der Waals surface area contributed by atoms with Gasteiger partial charge in [-0.25, -0.2) is 4.79 Å². The summed E-state index contributed by atoms with van der Waals surface area (Å²) < 4.78 is 11.2. The summed E-state index contributed by atoms with van der Waals surface area (Å²) in [7, 11) is 0. The lowest BCUT2D eigenvalue weighted by atomic mass is 9.69. The predicted molar refractivity (Wildman–Crippen MR) is 121 cm³/mol. The van der Waals surface area contributed by atoms with Crippen molar-refractivity contribution in [2.75, 3.05) is 13.2 Å². The van der Waals surface area contributed by atoms with E-state index in [2.05, 4.69) is 24.1 Å². The van der Waals surface area contributed by atoms with Gasteiger partial charge in [0.2, 0.25) is 0 Å². The number of hydrogen-bond acceptors (Lipinski definition) is 6. The number of pyridine rings is 1. The summed E-state index contributed by atoms with van der Waals surface area (Å²) in [4.78, 5) is 30.6. The lowest BCUT2D eigenvalue weighted by Crippen LogP contribution is -2.38. The molecule has 6 nitrogen and oxygen atoms in total. The zero-order valence-electron chi connectivity index (χ0n) is 18.7. The molecule has 2 aromatic rings. The number of aromatic nitrogens is 1. The number of esters is 1. The maximum atomic E-state index is 13.2. The van der Waals surface area contributed by atoms with Crippen LogP contribution in [0.5, 0.6) is 5.75 Å². The van der Waals surface area contributed by atoms with E-state index in [0.29, 0.717) is 23.3 Å².